The SMILES string of the molecule is NC(=O)c1cnccc1Nc1ccc2ccncc2c1. The van der Waals surface area contributed by atoms with E-state index in [1.165, 1.54) is 6.20 Å². The summed E-state index contributed by atoms with van der Waals surface area (Å²) in [6, 6.07) is 9.56. The van der Waals surface area contributed by atoms with Crippen molar-refractivity contribution < 1.29 is 4.79 Å². The van der Waals surface area contributed by atoms with E-state index in [1.807, 2.05) is 24.3 Å². The maximum absolute atomic E-state index is 11.4. The van der Waals surface area contributed by atoms with E-state index in [0.717, 1.165) is 16.5 Å². The molecule has 3 rings (SSSR count). The van der Waals surface area contributed by atoms with E-state index in [-0.39, 0.29) is 0 Å². The predicted molar refractivity (Wildman–Crippen MR) is 77.8 cm³/mol. The molecule has 0 atom stereocenters. The lowest BCUT2D eigenvalue weighted by atomic mass is 10.1. The third-order valence-electron chi connectivity index (χ3n) is 3.01. The maximum Gasteiger partial charge on any atom is 0.252 e. The van der Waals surface area contributed by atoms with Crippen molar-refractivity contribution in [3.05, 3.63) is 60.7 Å². The minimum Gasteiger partial charge on any atom is -0.365 e. The van der Waals surface area contributed by atoms with E-state index in [0.29, 0.717) is 11.3 Å². The molecule has 1 aromatic carbocycles. The monoisotopic (exact) mass is 264 g/mol. The van der Waals surface area contributed by atoms with E-state index >= 15 is 0 Å². The number of fused-ring (bicyclic) bond motifs is 1. The fourth-order valence-corrected chi connectivity index (χ4v) is 2.02. The molecule has 1 amide bonds. The van der Waals surface area contributed by atoms with Gasteiger partial charge >= 0.3 is 0 Å². The van der Waals surface area contributed by atoms with Gasteiger partial charge in [-0.1, -0.05) is 6.07 Å². The van der Waals surface area contributed by atoms with Crippen molar-refractivity contribution in [2.75, 3.05) is 5.32 Å². The molecule has 98 valence electrons. The Morgan fingerprint density at radius 3 is 2.65 bits per heavy atom. The van der Waals surface area contributed by atoms with Gasteiger partial charge in [0.05, 0.1) is 11.3 Å². The molecular formula is C15H12N4O. The second kappa shape index (κ2) is 4.97. The number of hydrogen-bond donors (Lipinski definition) is 2. The summed E-state index contributed by atoms with van der Waals surface area (Å²) in [4.78, 5) is 19.4. The van der Waals surface area contributed by atoms with Crippen molar-refractivity contribution in [1.82, 2.24) is 9.97 Å². The van der Waals surface area contributed by atoms with Crippen LogP contribution in [0.5, 0.6) is 0 Å². The van der Waals surface area contributed by atoms with E-state index in [2.05, 4.69) is 15.3 Å². The van der Waals surface area contributed by atoms with Crippen molar-refractivity contribution in [3.63, 3.8) is 0 Å². The van der Waals surface area contributed by atoms with Crippen LogP contribution in [0.15, 0.2) is 55.1 Å². The average molecular weight is 264 g/mol. The van der Waals surface area contributed by atoms with Crippen molar-refractivity contribution in [3.8, 4) is 0 Å². The molecule has 0 radical (unpaired) electrons. The zero-order valence-electron chi connectivity index (χ0n) is 10.6. The van der Waals surface area contributed by atoms with Crippen molar-refractivity contribution in [1.29, 1.82) is 0 Å². The van der Waals surface area contributed by atoms with Crippen LogP contribution in [0.1, 0.15) is 10.4 Å². The number of pyridine rings is 2. The molecule has 0 unspecified atom stereocenters. The lowest BCUT2D eigenvalue weighted by Gasteiger charge is -2.10. The van der Waals surface area contributed by atoms with Crippen molar-refractivity contribution in [2.45, 2.75) is 0 Å². The summed E-state index contributed by atoms with van der Waals surface area (Å²) in [5.74, 6) is -0.511. The number of aromatic nitrogens is 2. The number of carbonyl (C=O) groups excluding carboxylic acids is 1. The molecule has 3 N–H and O–H groups in total. The van der Waals surface area contributed by atoms with Gasteiger partial charge in [0, 0.05) is 35.9 Å². The van der Waals surface area contributed by atoms with Crippen molar-refractivity contribution >= 4 is 28.1 Å². The molecule has 2 aromatic heterocycles. The first-order chi connectivity index (χ1) is 9.74. The van der Waals surface area contributed by atoms with Gasteiger partial charge < -0.3 is 11.1 Å². The second-order valence-corrected chi connectivity index (χ2v) is 4.35. The van der Waals surface area contributed by atoms with Gasteiger partial charge in [0.1, 0.15) is 0 Å². The number of nitrogens with zero attached hydrogens (tertiary/aromatic N) is 2. The molecule has 0 aliphatic carbocycles. The van der Waals surface area contributed by atoms with Gasteiger partial charge in [-0.3, -0.25) is 14.8 Å². The molecule has 0 bridgehead atoms. The van der Waals surface area contributed by atoms with Gasteiger partial charge in [0.25, 0.3) is 5.91 Å². The normalized spacial score (nSPS) is 10.4. The number of nitrogens with two attached hydrogens (primary N) is 1. The van der Waals surface area contributed by atoms with Gasteiger partial charge in [-0.25, -0.2) is 0 Å². The van der Waals surface area contributed by atoms with Crippen LogP contribution in [0.3, 0.4) is 0 Å². The summed E-state index contributed by atoms with van der Waals surface area (Å²) >= 11 is 0. The molecule has 5 heteroatoms. The Hall–Kier alpha value is -2.95. The Bertz CT molecular complexity index is 785. The molecule has 0 fully saturated rings. The number of benzene rings is 1. The highest BCUT2D eigenvalue weighted by Crippen LogP contribution is 2.23. The molecule has 2 heterocycles. The van der Waals surface area contributed by atoms with E-state index < -0.39 is 5.91 Å². The predicted octanol–water partition coefficient (Wildman–Crippen LogP) is 2.47. The first kappa shape index (κ1) is 12.1. The fourth-order valence-electron chi connectivity index (χ4n) is 2.02. The van der Waals surface area contributed by atoms with Crippen molar-refractivity contribution in [2.24, 2.45) is 5.73 Å². The number of primary amides is 1. The fraction of sp³-hybridized carbons (Fsp3) is 0. The molecule has 20 heavy (non-hydrogen) atoms. The zero-order valence-corrected chi connectivity index (χ0v) is 10.6. The summed E-state index contributed by atoms with van der Waals surface area (Å²) in [5.41, 5.74) is 7.19. The highest BCUT2D eigenvalue weighted by molar-refractivity contribution is 5.99. The number of hydrogen-bond acceptors (Lipinski definition) is 4. The maximum atomic E-state index is 11.4. The van der Waals surface area contributed by atoms with Crippen LogP contribution in [0, 0.1) is 0 Å². The number of amides is 1. The van der Waals surface area contributed by atoms with Gasteiger partial charge in [0.15, 0.2) is 0 Å². The van der Waals surface area contributed by atoms with Crippen LogP contribution in [0.25, 0.3) is 10.8 Å². The molecule has 3 aromatic rings. The standard InChI is InChI=1S/C15H12N4O/c16-15(20)13-9-18-6-4-14(13)19-12-2-1-10-3-5-17-8-11(10)7-12/h1-9H,(H2,16,20)(H,18,19). The first-order valence-corrected chi connectivity index (χ1v) is 6.08. The first-order valence-electron chi connectivity index (χ1n) is 6.08. The minimum absolute atomic E-state index is 0.360. The van der Waals surface area contributed by atoms with Gasteiger partial charge in [-0.2, -0.15) is 0 Å². The number of anilines is 2. The lowest BCUT2D eigenvalue weighted by molar-refractivity contribution is 0.100. The lowest BCUT2D eigenvalue weighted by Crippen LogP contribution is -2.13. The Morgan fingerprint density at radius 2 is 1.80 bits per heavy atom. The zero-order chi connectivity index (χ0) is 13.9. The van der Waals surface area contributed by atoms with Crippen LogP contribution >= 0.6 is 0 Å². The van der Waals surface area contributed by atoms with Gasteiger partial charge in [-0.05, 0) is 29.7 Å². The van der Waals surface area contributed by atoms with E-state index in [1.54, 1.807) is 24.7 Å². The molecule has 0 aliphatic rings. The molecule has 0 saturated carbocycles. The summed E-state index contributed by atoms with van der Waals surface area (Å²) in [5, 5.41) is 5.30. The molecule has 5 nitrogen and oxygen atoms in total. The summed E-state index contributed by atoms with van der Waals surface area (Å²) in [7, 11) is 0. The van der Waals surface area contributed by atoms with Crippen LogP contribution in [-0.4, -0.2) is 15.9 Å². The van der Waals surface area contributed by atoms with Gasteiger partial charge in [0.2, 0.25) is 0 Å². The highest BCUT2D eigenvalue weighted by atomic mass is 16.1. The minimum atomic E-state index is -0.511. The summed E-state index contributed by atoms with van der Waals surface area (Å²) < 4.78 is 0. The van der Waals surface area contributed by atoms with Crippen LogP contribution in [0.2, 0.25) is 0 Å². The van der Waals surface area contributed by atoms with E-state index in [4.69, 9.17) is 5.73 Å². The third-order valence-corrected chi connectivity index (χ3v) is 3.01. The average Bonchev–Trinajstić information content (AvgIpc) is 2.47. The number of nitrogens with one attached hydrogen (secondary N) is 1. The quantitative estimate of drug-likeness (QED) is 0.761. The number of rotatable bonds is 3. The molecular weight excluding hydrogens is 252 g/mol. The summed E-state index contributed by atoms with van der Waals surface area (Å²) in [6.45, 7) is 0. The molecule has 0 aliphatic heterocycles. The topological polar surface area (TPSA) is 80.9 Å². The summed E-state index contributed by atoms with van der Waals surface area (Å²) in [6.07, 6.45) is 6.61. The van der Waals surface area contributed by atoms with Crippen LogP contribution < -0.4 is 11.1 Å². The highest BCUT2D eigenvalue weighted by Gasteiger charge is 2.08. The Labute approximate surface area is 115 Å². The molecule has 0 spiro atoms. The Kier molecular flexibility index (Phi) is 3.01. The van der Waals surface area contributed by atoms with Crippen LogP contribution in [-0.2, 0) is 0 Å². The Morgan fingerprint density at radius 1 is 1.00 bits per heavy atom. The van der Waals surface area contributed by atoms with Crippen LogP contribution in [0.4, 0.5) is 11.4 Å². The smallest absolute Gasteiger partial charge is 0.252 e. The third kappa shape index (κ3) is 2.29. The number of carbonyl (C=O) groups is 1. The van der Waals surface area contributed by atoms with Gasteiger partial charge in [-0.15, -0.1) is 0 Å². The molecule has 0 saturated heterocycles. The van der Waals surface area contributed by atoms with E-state index in [9.17, 15) is 4.79 Å². The largest absolute Gasteiger partial charge is 0.365 e. The second-order valence-electron chi connectivity index (χ2n) is 4.35. The Balaban J connectivity index is 1.99.